The van der Waals surface area contributed by atoms with Gasteiger partial charge in [0.15, 0.2) is 0 Å². The van der Waals surface area contributed by atoms with Crippen LogP contribution in [0.15, 0.2) is 24.5 Å². The Balaban J connectivity index is 0.00000176. The van der Waals surface area contributed by atoms with Crippen LogP contribution in [-0.2, 0) is 11.3 Å². The largest absolute Gasteiger partial charge is 0.379 e. The number of nitrogens with two attached hydrogens (primary N) is 1. The first-order valence-electron chi connectivity index (χ1n) is 12.1. The summed E-state index contributed by atoms with van der Waals surface area (Å²) in [6.07, 6.45) is 6.02. The van der Waals surface area contributed by atoms with Gasteiger partial charge in [0.05, 0.1) is 16.1 Å². The zero-order valence-electron chi connectivity index (χ0n) is 21.1. The molecule has 0 spiro atoms. The molecule has 2 aromatic rings. The van der Waals surface area contributed by atoms with Crippen LogP contribution in [0.1, 0.15) is 40.9 Å². The van der Waals surface area contributed by atoms with E-state index >= 15 is 0 Å². The zero-order chi connectivity index (χ0) is 26.2. The predicted octanol–water partition coefficient (Wildman–Crippen LogP) is 3.90. The average molecular weight is 556 g/mol. The molecule has 3 N–H and O–H groups in total. The lowest BCUT2D eigenvalue weighted by Crippen LogP contribution is -2.56. The monoisotopic (exact) mass is 554 g/mol. The number of piperidine rings is 2. The molecule has 11 heteroatoms. The highest BCUT2D eigenvalue weighted by Crippen LogP contribution is 2.25. The van der Waals surface area contributed by atoms with Gasteiger partial charge in [0.2, 0.25) is 0 Å². The number of thiol groups is 1. The maximum atomic E-state index is 13.3. The fourth-order valence-corrected chi connectivity index (χ4v) is 5.12. The van der Waals surface area contributed by atoms with Gasteiger partial charge in [0, 0.05) is 57.5 Å². The lowest BCUT2D eigenvalue weighted by Gasteiger charge is -2.43. The lowest BCUT2D eigenvalue weighted by molar-refractivity contribution is -0.00959. The fraction of sp³-hybridized carbons (Fsp3) is 0.560. The smallest absolute Gasteiger partial charge is 0.272 e. The van der Waals surface area contributed by atoms with Crippen molar-refractivity contribution < 1.29 is 9.53 Å². The number of hydrogen-bond donors (Lipinski definition) is 3. The van der Waals surface area contributed by atoms with Crippen molar-refractivity contribution in [3.05, 3.63) is 51.4 Å². The first kappa shape index (κ1) is 28.9. The predicted molar refractivity (Wildman–Crippen MR) is 149 cm³/mol. The Kier molecular flexibility index (Phi) is 11.1. The Morgan fingerprint density at radius 1 is 1.17 bits per heavy atom. The maximum absolute atomic E-state index is 13.3. The minimum absolute atomic E-state index is 0.0497. The van der Waals surface area contributed by atoms with Crippen molar-refractivity contribution in [1.29, 1.82) is 0 Å². The van der Waals surface area contributed by atoms with Crippen LogP contribution in [-0.4, -0.2) is 83.4 Å². The minimum Gasteiger partial charge on any atom is -0.379 e. The number of halogens is 2. The number of nitrogens with one attached hydrogen (secondary N) is 1. The summed E-state index contributed by atoms with van der Waals surface area (Å²) in [5.41, 5.74) is 8.31. The lowest BCUT2D eigenvalue weighted by atomic mass is 9.96. The minimum atomic E-state index is -0.0497. The number of ether oxygens (including phenoxy) is 1. The number of carbonyl (C=O) groups excluding carboxylic acids is 1. The molecule has 36 heavy (non-hydrogen) atoms. The molecule has 0 bridgehead atoms. The third kappa shape index (κ3) is 7.02. The Morgan fingerprint density at radius 3 is 2.56 bits per heavy atom. The van der Waals surface area contributed by atoms with Crippen molar-refractivity contribution in [1.82, 2.24) is 19.8 Å². The first-order valence-corrected chi connectivity index (χ1v) is 13.8. The molecule has 2 unspecified atom stereocenters. The summed E-state index contributed by atoms with van der Waals surface area (Å²) in [5, 5.41) is 4.31. The van der Waals surface area contributed by atoms with Crippen molar-refractivity contribution in [3.8, 4) is 0 Å². The second-order valence-corrected chi connectivity index (χ2v) is 9.86. The van der Waals surface area contributed by atoms with E-state index < -0.39 is 0 Å². The topological polar surface area (TPSA) is 96.6 Å². The summed E-state index contributed by atoms with van der Waals surface area (Å²) >= 11 is 15.6. The molecule has 4 rings (SSSR count). The van der Waals surface area contributed by atoms with Gasteiger partial charge in [-0.2, -0.15) is 12.6 Å². The molecular formula is C25H36Cl2N6O2S. The molecule has 1 amide bonds. The van der Waals surface area contributed by atoms with Gasteiger partial charge in [-0.3, -0.25) is 9.69 Å². The van der Waals surface area contributed by atoms with Crippen molar-refractivity contribution in [2.45, 2.75) is 50.9 Å². The molecule has 2 atom stereocenters. The fourth-order valence-electron chi connectivity index (χ4n) is 4.80. The second kappa shape index (κ2) is 13.8. The van der Waals surface area contributed by atoms with Gasteiger partial charge in [0.25, 0.3) is 5.91 Å². The molecule has 198 valence electrons. The van der Waals surface area contributed by atoms with Gasteiger partial charge in [-0.05, 0) is 50.1 Å². The Hall–Kier alpha value is -1.62. The van der Waals surface area contributed by atoms with Crippen LogP contribution in [0.5, 0.6) is 0 Å². The maximum Gasteiger partial charge on any atom is 0.272 e. The number of carbonyl (C=O) groups is 1. The highest BCUT2D eigenvalue weighted by molar-refractivity contribution is 7.79. The van der Waals surface area contributed by atoms with Crippen LogP contribution in [0.25, 0.3) is 0 Å². The van der Waals surface area contributed by atoms with E-state index in [-0.39, 0.29) is 18.1 Å². The molecule has 2 fully saturated rings. The average Bonchev–Trinajstić information content (AvgIpc) is 2.91. The Morgan fingerprint density at radius 2 is 1.89 bits per heavy atom. The number of nitrogens with zero attached hydrogens (tertiary/aromatic N) is 4. The zero-order valence-corrected chi connectivity index (χ0v) is 23.5. The van der Waals surface area contributed by atoms with Gasteiger partial charge >= 0.3 is 0 Å². The van der Waals surface area contributed by atoms with Crippen LogP contribution in [0.2, 0.25) is 10.0 Å². The normalized spacial score (nSPS) is 21.0. The summed E-state index contributed by atoms with van der Waals surface area (Å²) in [7, 11) is 1.73. The Labute approximate surface area is 229 Å². The van der Waals surface area contributed by atoms with Gasteiger partial charge in [-0.15, -0.1) is 0 Å². The van der Waals surface area contributed by atoms with Crippen LogP contribution in [0.4, 0.5) is 5.82 Å². The molecular weight excluding hydrogens is 519 g/mol. The molecule has 0 saturated carbocycles. The third-order valence-electron chi connectivity index (χ3n) is 6.94. The van der Waals surface area contributed by atoms with E-state index in [1.165, 1.54) is 6.33 Å². The van der Waals surface area contributed by atoms with Gasteiger partial charge < -0.3 is 20.7 Å². The van der Waals surface area contributed by atoms with Gasteiger partial charge in [0.1, 0.15) is 17.8 Å². The molecule has 8 nitrogen and oxygen atoms in total. The van der Waals surface area contributed by atoms with Crippen molar-refractivity contribution in [3.63, 3.8) is 0 Å². The SMILES string of the molecule is COC1CN(C2CCN(C(=O)c3ncnc(NCc4ccc(Cl)c(Cl)c4)c3C)CC2)CCC1N.CS. The van der Waals surface area contributed by atoms with Crippen LogP contribution in [0, 0.1) is 6.92 Å². The summed E-state index contributed by atoms with van der Waals surface area (Å²) in [5.74, 6) is 0.584. The molecule has 1 aromatic carbocycles. The van der Waals surface area contributed by atoms with E-state index in [2.05, 4.69) is 32.8 Å². The van der Waals surface area contributed by atoms with E-state index in [9.17, 15) is 4.79 Å². The number of methoxy groups -OCH3 is 1. The molecule has 1 aromatic heterocycles. The number of likely N-dealkylation sites (tertiary alicyclic amines) is 2. The van der Waals surface area contributed by atoms with Gasteiger partial charge in [-0.25, -0.2) is 9.97 Å². The highest BCUT2D eigenvalue weighted by atomic mass is 35.5. The molecule has 0 radical (unpaired) electrons. The van der Waals surface area contributed by atoms with E-state index in [0.29, 0.717) is 47.2 Å². The number of anilines is 1. The van der Waals surface area contributed by atoms with Crippen LogP contribution >= 0.6 is 35.8 Å². The summed E-state index contributed by atoms with van der Waals surface area (Å²) in [6.45, 7) is 5.64. The standard InChI is InChI=1S/C24H32Cl2N6O2.CH4S/c1-15-22(29-14-30-23(15)28-12-16-3-4-18(25)19(26)11-16)24(33)31-8-5-17(6-9-31)32-10-7-20(27)21(13-32)34-2;1-2/h3-4,11,14,17,20-21H,5-10,12-13,27H2,1-2H3,(H,28,29,30);2H,1H3. The van der Waals surface area contributed by atoms with Crippen LogP contribution < -0.4 is 11.1 Å². The van der Waals surface area contributed by atoms with E-state index in [0.717, 1.165) is 43.5 Å². The number of benzene rings is 1. The summed E-state index contributed by atoms with van der Waals surface area (Å²) in [6, 6.07) is 6.03. The molecule has 3 heterocycles. The van der Waals surface area contributed by atoms with Crippen molar-refractivity contribution in [2.75, 3.05) is 44.9 Å². The Bertz CT molecular complexity index is 1020. The van der Waals surface area contributed by atoms with Crippen molar-refractivity contribution in [2.24, 2.45) is 5.73 Å². The van der Waals surface area contributed by atoms with Crippen molar-refractivity contribution >= 4 is 47.6 Å². The molecule has 2 aliphatic rings. The summed E-state index contributed by atoms with van der Waals surface area (Å²) < 4.78 is 5.56. The second-order valence-electron chi connectivity index (χ2n) is 9.04. The number of hydrogen-bond acceptors (Lipinski definition) is 8. The first-order chi connectivity index (χ1) is 17.4. The highest BCUT2D eigenvalue weighted by Gasteiger charge is 2.33. The molecule has 2 aliphatic heterocycles. The number of rotatable bonds is 6. The molecule has 2 saturated heterocycles. The van der Waals surface area contributed by atoms with E-state index in [1.807, 2.05) is 24.0 Å². The quantitative estimate of drug-likeness (QED) is 0.466. The van der Waals surface area contributed by atoms with E-state index in [4.69, 9.17) is 33.7 Å². The number of amides is 1. The van der Waals surface area contributed by atoms with E-state index in [1.54, 1.807) is 19.4 Å². The van der Waals surface area contributed by atoms with Crippen LogP contribution in [0.3, 0.4) is 0 Å². The summed E-state index contributed by atoms with van der Waals surface area (Å²) in [4.78, 5) is 26.3. The molecule has 0 aliphatic carbocycles. The third-order valence-corrected chi connectivity index (χ3v) is 7.68. The number of aromatic nitrogens is 2. The van der Waals surface area contributed by atoms with Gasteiger partial charge in [-0.1, -0.05) is 29.3 Å².